The van der Waals surface area contributed by atoms with E-state index in [1.807, 2.05) is 24.3 Å². The minimum atomic E-state index is 0.320. The Kier molecular flexibility index (Phi) is 3.29. The summed E-state index contributed by atoms with van der Waals surface area (Å²) >= 11 is 0. The summed E-state index contributed by atoms with van der Waals surface area (Å²) in [5.41, 5.74) is 2.04. The van der Waals surface area contributed by atoms with E-state index in [-0.39, 0.29) is 0 Å². The summed E-state index contributed by atoms with van der Waals surface area (Å²) in [5, 5.41) is 15.0. The first-order valence-corrected chi connectivity index (χ1v) is 6.79. The van der Waals surface area contributed by atoms with E-state index in [0.717, 1.165) is 30.7 Å². The summed E-state index contributed by atoms with van der Waals surface area (Å²) in [6.07, 6.45) is 2.36. The monoisotopic (exact) mass is 257 g/mol. The van der Waals surface area contributed by atoms with E-state index in [9.17, 15) is 0 Å². The van der Waals surface area contributed by atoms with E-state index in [1.165, 1.54) is 12.8 Å². The van der Waals surface area contributed by atoms with Crippen LogP contribution in [0.1, 0.15) is 19.8 Å². The molecule has 0 bridgehead atoms. The molecule has 1 aliphatic heterocycles. The van der Waals surface area contributed by atoms with Gasteiger partial charge in [-0.05, 0) is 43.5 Å². The van der Waals surface area contributed by atoms with E-state index >= 15 is 0 Å². The number of para-hydroxylation sites is 1. The highest BCUT2D eigenvalue weighted by Crippen LogP contribution is 2.27. The van der Waals surface area contributed by atoms with E-state index in [2.05, 4.69) is 32.7 Å². The average molecular weight is 257 g/mol. The van der Waals surface area contributed by atoms with Crippen molar-refractivity contribution in [2.24, 2.45) is 5.41 Å². The lowest BCUT2D eigenvalue weighted by Gasteiger charge is -2.34. The highest BCUT2D eigenvalue weighted by Gasteiger charge is 2.26. The molecule has 0 spiro atoms. The second-order valence-electron chi connectivity index (χ2n) is 5.54. The van der Waals surface area contributed by atoms with Crippen LogP contribution in [0.3, 0.4) is 0 Å². The number of aromatic nitrogens is 3. The summed E-state index contributed by atoms with van der Waals surface area (Å²) in [7, 11) is 0. The van der Waals surface area contributed by atoms with Crippen LogP contribution in [0.25, 0.3) is 11.0 Å². The molecule has 2 aromatic rings. The van der Waals surface area contributed by atoms with Gasteiger partial charge in [-0.25, -0.2) is 4.98 Å². The third-order valence-electron chi connectivity index (χ3n) is 3.84. The van der Waals surface area contributed by atoms with E-state index in [4.69, 9.17) is 0 Å². The van der Waals surface area contributed by atoms with Crippen molar-refractivity contribution in [3.8, 4) is 0 Å². The van der Waals surface area contributed by atoms with Crippen molar-refractivity contribution in [1.82, 2.24) is 20.5 Å². The maximum Gasteiger partial charge on any atom is 0.243 e. The summed E-state index contributed by atoms with van der Waals surface area (Å²) in [5.74, 6) is 0.624. The molecular formula is C14H19N5. The van der Waals surface area contributed by atoms with Crippen LogP contribution in [-0.4, -0.2) is 34.8 Å². The third kappa shape index (κ3) is 2.81. The Balaban J connectivity index is 1.71. The molecule has 1 aromatic carbocycles. The minimum Gasteiger partial charge on any atom is -0.352 e. The zero-order chi connectivity index (χ0) is 13.1. The number of hydrogen-bond donors (Lipinski definition) is 2. The molecular weight excluding hydrogens is 238 g/mol. The molecule has 5 nitrogen and oxygen atoms in total. The summed E-state index contributed by atoms with van der Waals surface area (Å²) < 4.78 is 0. The van der Waals surface area contributed by atoms with Gasteiger partial charge in [-0.3, -0.25) is 0 Å². The lowest BCUT2D eigenvalue weighted by atomic mass is 9.81. The largest absolute Gasteiger partial charge is 0.352 e. The van der Waals surface area contributed by atoms with Crippen molar-refractivity contribution in [1.29, 1.82) is 0 Å². The Bertz CT molecular complexity index is 563. The molecule has 2 N–H and O–H groups in total. The number of piperidine rings is 1. The van der Waals surface area contributed by atoms with Gasteiger partial charge in [0.1, 0.15) is 5.52 Å². The van der Waals surface area contributed by atoms with Gasteiger partial charge in [-0.2, -0.15) is 0 Å². The van der Waals surface area contributed by atoms with Crippen LogP contribution in [0.4, 0.5) is 5.95 Å². The SMILES string of the molecule is CC1(CNc2nnc3ccccc3n2)CCNCC1. The van der Waals surface area contributed by atoms with Crippen LogP contribution in [0.15, 0.2) is 24.3 Å². The van der Waals surface area contributed by atoms with Gasteiger partial charge in [-0.1, -0.05) is 19.1 Å². The van der Waals surface area contributed by atoms with Gasteiger partial charge in [0.25, 0.3) is 0 Å². The quantitative estimate of drug-likeness (QED) is 0.878. The Labute approximate surface area is 112 Å². The number of fused-ring (bicyclic) bond motifs is 1. The molecule has 1 aromatic heterocycles. The molecule has 1 aliphatic rings. The first kappa shape index (κ1) is 12.3. The molecule has 0 unspecified atom stereocenters. The van der Waals surface area contributed by atoms with Gasteiger partial charge >= 0.3 is 0 Å². The molecule has 100 valence electrons. The van der Waals surface area contributed by atoms with Gasteiger partial charge in [0.05, 0.1) is 5.52 Å². The van der Waals surface area contributed by atoms with Crippen molar-refractivity contribution >= 4 is 17.0 Å². The number of nitrogens with zero attached hydrogens (tertiary/aromatic N) is 3. The normalized spacial score (nSPS) is 18.4. The first-order chi connectivity index (χ1) is 9.25. The molecule has 0 amide bonds. The summed E-state index contributed by atoms with van der Waals surface area (Å²) in [6.45, 7) is 5.40. The Hall–Kier alpha value is -1.75. The van der Waals surface area contributed by atoms with Gasteiger partial charge in [-0.15, -0.1) is 10.2 Å². The molecule has 0 aliphatic carbocycles. The van der Waals surface area contributed by atoms with E-state index < -0.39 is 0 Å². The maximum atomic E-state index is 4.49. The number of nitrogens with one attached hydrogen (secondary N) is 2. The highest BCUT2D eigenvalue weighted by molar-refractivity contribution is 5.73. The molecule has 0 radical (unpaired) electrons. The fraction of sp³-hybridized carbons (Fsp3) is 0.500. The van der Waals surface area contributed by atoms with Crippen LogP contribution in [0.5, 0.6) is 0 Å². The number of benzene rings is 1. The highest BCUT2D eigenvalue weighted by atomic mass is 15.2. The molecule has 1 saturated heterocycles. The molecule has 5 heteroatoms. The Morgan fingerprint density at radius 3 is 2.68 bits per heavy atom. The molecule has 0 atom stereocenters. The Morgan fingerprint density at radius 2 is 1.89 bits per heavy atom. The van der Waals surface area contributed by atoms with Crippen molar-refractivity contribution in [2.75, 3.05) is 25.0 Å². The van der Waals surface area contributed by atoms with Crippen LogP contribution < -0.4 is 10.6 Å². The van der Waals surface area contributed by atoms with Crippen LogP contribution in [-0.2, 0) is 0 Å². The molecule has 2 heterocycles. The summed E-state index contributed by atoms with van der Waals surface area (Å²) in [6, 6.07) is 7.80. The topological polar surface area (TPSA) is 62.7 Å². The minimum absolute atomic E-state index is 0.320. The summed E-state index contributed by atoms with van der Waals surface area (Å²) in [4.78, 5) is 4.49. The molecule has 1 fully saturated rings. The van der Waals surface area contributed by atoms with Gasteiger partial charge in [0.2, 0.25) is 5.95 Å². The fourth-order valence-electron chi connectivity index (χ4n) is 2.46. The predicted molar refractivity (Wildman–Crippen MR) is 76.0 cm³/mol. The first-order valence-electron chi connectivity index (χ1n) is 6.79. The zero-order valence-corrected chi connectivity index (χ0v) is 11.2. The van der Waals surface area contributed by atoms with Gasteiger partial charge in [0, 0.05) is 6.54 Å². The third-order valence-corrected chi connectivity index (χ3v) is 3.84. The standard InChI is InChI=1S/C14H19N5/c1-14(6-8-15-9-7-14)10-16-13-17-11-4-2-3-5-12(11)18-19-13/h2-5,15H,6-10H2,1H3,(H,16,17,19). The van der Waals surface area contributed by atoms with E-state index in [1.54, 1.807) is 0 Å². The molecule has 0 saturated carbocycles. The Morgan fingerprint density at radius 1 is 1.16 bits per heavy atom. The van der Waals surface area contributed by atoms with Crippen LogP contribution >= 0.6 is 0 Å². The molecule has 3 rings (SSSR count). The fourth-order valence-corrected chi connectivity index (χ4v) is 2.46. The van der Waals surface area contributed by atoms with Crippen LogP contribution in [0.2, 0.25) is 0 Å². The lowest BCUT2D eigenvalue weighted by Crippen LogP contribution is -2.39. The van der Waals surface area contributed by atoms with Gasteiger partial charge in [0.15, 0.2) is 0 Å². The molecule has 19 heavy (non-hydrogen) atoms. The van der Waals surface area contributed by atoms with E-state index in [0.29, 0.717) is 11.4 Å². The van der Waals surface area contributed by atoms with Crippen molar-refractivity contribution in [3.05, 3.63) is 24.3 Å². The predicted octanol–water partition coefficient (Wildman–Crippen LogP) is 1.83. The van der Waals surface area contributed by atoms with Crippen molar-refractivity contribution in [2.45, 2.75) is 19.8 Å². The van der Waals surface area contributed by atoms with Crippen molar-refractivity contribution in [3.63, 3.8) is 0 Å². The lowest BCUT2D eigenvalue weighted by molar-refractivity contribution is 0.247. The number of hydrogen-bond acceptors (Lipinski definition) is 5. The number of rotatable bonds is 3. The maximum absolute atomic E-state index is 4.49. The second-order valence-corrected chi connectivity index (χ2v) is 5.54. The zero-order valence-electron chi connectivity index (χ0n) is 11.2. The average Bonchev–Trinajstić information content (AvgIpc) is 2.46. The second kappa shape index (κ2) is 5.09. The smallest absolute Gasteiger partial charge is 0.243 e. The van der Waals surface area contributed by atoms with Crippen LogP contribution in [0, 0.1) is 5.41 Å². The van der Waals surface area contributed by atoms with Gasteiger partial charge < -0.3 is 10.6 Å². The van der Waals surface area contributed by atoms with Crippen molar-refractivity contribution < 1.29 is 0 Å². The number of anilines is 1.